The third-order valence-corrected chi connectivity index (χ3v) is 4.87. The minimum absolute atomic E-state index is 0.0640. The number of hydrogen-bond acceptors (Lipinski definition) is 5. The van der Waals surface area contributed by atoms with E-state index in [4.69, 9.17) is 14.2 Å². The summed E-state index contributed by atoms with van der Waals surface area (Å²) in [6.07, 6.45) is 2.24. The van der Waals surface area contributed by atoms with Crippen molar-refractivity contribution >= 4 is 12.0 Å². The summed E-state index contributed by atoms with van der Waals surface area (Å²) in [6, 6.07) is 5.85. The van der Waals surface area contributed by atoms with E-state index in [-0.39, 0.29) is 18.0 Å². The average Bonchev–Trinajstić information content (AvgIpc) is 2.72. The molecule has 1 aliphatic heterocycles. The fraction of sp³-hybridized carbons (Fsp3) is 0.636. The number of nitrogens with one attached hydrogen (secondary N) is 1. The van der Waals surface area contributed by atoms with Crippen LogP contribution in [-0.2, 0) is 16.0 Å². The van der Waals surface area contributed by atoms with Crippen molar-refractivity contribution < 1.29 is 23.8 Å². The van der Waals surface area contributed by atoms with Gasteiger partial charge in [-0.25, -0.2) is 4.79 Å². The molecule has 29 heavy (non-hydrogen) atoms. The van der Waals surface area contributed by atoms with Gasteiger partial charge in [0, 0.05) is 25.6 Å². The van der Waals surface area contributed by atoms with Gasteiger partial charge in [0.1, 0.15) is 0 Å². The lowest BCUT2D eigenvalue weighted by molar-refractivity contribution is -0.132. The maximum absolute atomic E-state index is 12.6. The predicted molar refractivity (Wildman–Crippen MR) is 111 cm³/mol. The van der Waals surface area contributed by atoms with E-state index in [0.717, 1.165) is 18.4 Å². The molecule has 0 unspecified atom stereocenters. The molecule has 7 heteroatoms. The van der Waals surface area contributed by atoms with Gasteiger partial charge < -0.3 is 24.4 Å². The first kappa shape index (κ1) is 22.8. The maximum atomic E-state index is 12.6. The van der Waals surface area contributed by atoms with E-state index in [1.165, 1.54) is 0 Å². The Balaban J connectivity index is 1.75. The van der Waals surface area contributed by atoms with E-state index >= 15 is 0 Å². The summed E-state index contributed by atoms with van der Waals surface area (Å²) in [6.45, 7) is 8.23. The Morgan fingerprint density at radius 3 is 2.55 bits per heavy atom. The number of nitrogens with zero attached hydrogens (tertiary/aromatic N) is 1. The number of alkyl carbamates (subject to hydrolysis) is 1. The van der Waals surface area contributed by atoms with Crippen molar-refractivity contribution in [3.05, 3.63) is 23.8 Å². The fourth-order valence-electron chi connectivity index (χ4n) is 3.28. The molecular weight excluding hydrogens is 372 g/mol. The molecule has 2 rings (SSSR count). The van der Waals surface area contributed by atoms with Crippen LogP contribution < -0.4 is 14.8 Å². The molecule has 162 valence electrons. The molecule has 0 aromatic heterocycles. The molecule has 1 aromatic carbocycles. The van der Waals surface area contributed by atoms with Crippen LogP contribution in [0.15, 0.2) is 18.2 Å². The molecule has 0 aliphatic carbocycles. The van der Waals surface area contributed by atoms with Crippen molar-refractivity contribution in [1.82, 2.24) is 10.2 Å². The summed E-state index contributed by atoms with van der Waals surface area (Å²) in [5, 5.41) is 2.89. The molecule has 0 atom stereocenters. The second-order valence-electron chi connectivity index (χ2n) is 7.71. The van der Waals surface area contributed by atoms with Crippen LogP contribution in [0.3, 0.4) is 0 Å². The zero-order valence-corrected chi connectivity index (χ0v) is 18.0. The van der Waals surface area contributed by atoms with Crippen LogP contribution in [0.5, 0.6) is 11.5 Å². The van der Waals surface area contributed by atoms with Crippen LogP contribution in [0.1, 0.15) is 45.6 Å². The van der Waals surface area contributed by atoms with Gasteiger partial charge in [-0.1, -0.05) is 19.9 Å². The molecule has 1 fully saturated rings. The quantitative estimate of drug-likeness (QED) is 0.680. The first-order valence-electron chi connectivity index (χ1n) is 10.4. The van der Waals surface area contributed by atoms with Gasteiger partial charge in [-0.05, 0) is 49.8 Å². The van der Waals surface area contributed by atoms with Crippen LogP contribution in [-0.4, -0.2) is 56.4 Å². The SMILES string of the molecule is CCOc1ccc(CCC(=O)N2CCC(NC(=O)OCC(C)C)CC2)cc1OC. The smallest absolute Gasteiger partial charge is 0.407 e. The number of rotatable bonds is 9. The Kier molecular flexibility index (Phi) is 9.09. The van der Waals surface area contributed by atoms with Crippen molar-refractivity contribution in [1.29, 1.82) is 0 Å². The average molecular weight is 407 g/mol. The van der Waals surface area contributed by atoms with Crippen LogP contribution in [0, 0.1) is 5.92 Å². The molecule has 1 heterocycles. The Hall–Kier alpha value is -2.44. The highest BCUT2D eigenvalue weighted by Crippen LogP contribution is 2.28. The van der Waals surface area contributed by atoms with E-state index in [0.29, 0.717) is 56.6 Å². The second kappa shape index (κ2) is 11.5. The number of likely N-dealkylation sites (tertiary alicyclic amines) is 1. The van der Waals surface area contributed by atoms with Gasteiger partial charge in [0.2, 0.25) is 5.91 Å². The van der Waals surface area contributed by atoms with Gasteiger partial charge in [0.15, 0.2) is 11.5 Å². The molecular formula is C22H34N2O5. The van der Waals surface area contributed by atoms with Gasteiger partial charge in [-0.2, -0.15) is 0 Å². The molecule has 0 spiro atoms. The van der Waals surface area contributed by atoms with Crippen molar-refractivity contribution in [3.63, 3.8) is 0 Å². The Bertz CT molecular complexity index is 669. The normalized spacial score (nSPS) is 14.6. The minimum Gasteiger partial charge on any atom is -0.493 e. The first-order valence-corrected chi connectivity index (χ1v) is 10.4. The van der Waals surface area contributed by atoms with E-state index < -0.39 is 0 Å². The Morgan fingerprint density at radius 2 is 1.93 bits per heavy atom. The number of methoxy groups -OCH3 is 1. The highest BCUT2D eigenvalue weighted by atomic mass is 16.5. The van der Waals surface area contributed by atoms with Gasteiger partial charge in [0.25, 0.3) is 0 Å². The third kappa shape index (κ3) is 7.48. The highest BCUT2D eigenvalue weighted by Gasteiger charge is 2.24. The number of carbonyl (C=O) groups excluding carboxylic acids is 2. The molecule has 1 N–H and O–H groups in total. The molecule has 1 aliphatic rings. The molecule has 1 aromatic rings. The van der Waals surface area contributed by atoms with Gasteiger partial charge in [-0.15, -0.1) is 0 Å². The standard InChI is InChI=1S/C22H34N2O5/c1-5-28-19-8-6-17(14-20(19)27-4)7-9-21(25)24-12-10-18(11-13-24)23-22(26)29-15-16(2)3/h6,8,14,16,18H,5,7,9-13,15H2,1-4H3,(H,23,26). The monoisotopic (exact) mass is 406 g/mol. The number of amides is 2. The number of aryl methyl sites for hydroxylation is 1. The Labute approximate surface area is 173 Å². The first-order chi connectivity index (χ1) is 13.9. The minimum atomic E-state index is -0.368. The van der Waals surface area contributed by atoms with Gasteiger partial charge >= 0.3 is 6.09 Å². The van der Waals surface area contributed by atoms with Crippen LogP contribution in [0.25, 0.3) is 0 Å². The lowest BCUT2D eigenvalue weighted by atomic mass is 10.0. The van der Waals surface area contributed by atoms with E-state index in [9.17, 15) is 9.59 Å². The predicted octanol–water partition coefficient (Wildman–Crippen LogP) is 3.40. The second-order valence-corrected chi connectivity index (χ2v) is 7.71. The highest BCUT2D eigenvalue weighted by molar-refractivity contribution is 5.76. The summed E-state index contributed by atoms with van der Waals surface area (Å²) < 4.78 is 16.1. The number of carbonyl (C=O) groups is 2. The van der Waals surface area contributed by atoms with Crippen molar-refractivity contribution in [3.8, 4) is 11.5 Å². The topological polar surface area (TPSA) is 77.1 Å². The summed E-state index contributed by atoms with van der Waals surface area (Å²) in [5.74, 6) is 1.86. The Morgan fingerprint density at radius 1 is 1.21 bits per heavy atom. The number of hydrogen-bond donors (Lipinski definition) is 1. The van der Waals surface area contributed by atoms with E-state index in [2.05, 4.69) is 5.32 Å². The van der Waals surface area contributed by atoms with Crippen molar-refractivity contribution in [2.75, 3.05) is 33.4 Å². The number of piperidine rings is 1. The summed E-state index contributed by atoms with van der Waals surface area (Å²) in [7, 11) is 1.61. The molecule has 7 nitrogen and oxygen atoms in total. The number of benzene rings is 1. The van der Waals surface area contributed by atoms with Crippen molar-refractivity contribution in [2.24, 2.45) is 5.92 Å². The van der Waals surface area contributed by atoms with Crippen LogP contribution in [0.2, 0.25) is 0 Å². The van der Waals surface area contributed by atoms with Gasteiger partial charge in [0.05, 0.1) is 20.3 Å². The largest absolute Gasteiger partial charge is 0.493 e. The lowest BCUT2D eigenvalue weighted by Crippen LogP contribution is -2.46. The lowest BCUT2D eigenvalue weighted by Gasteiger charge is -2.32. The van der Waals surface area contributed by atoms with E-state index in [1.807, 2.05) is 43.9 Å². The summed E-state index contributed by atoms with van der Waals surface area (Å²) in [5.41, 5.74) is 1.04. The molecule has 0 bridgehead atoms. The molecule has 1 saturated heterocycles. The maximum Gasteiger partial charge on any atom is 0.407 e. The zero-order chi connectivity index (χ0) is 21.2. The number of ether oxygens (including phenoxy) is 3. The molecule has 2 amide bonds. The van der Waals surface area contributed by atoms with Crippen LogP contribution in [0.4, 0.5) is 4.79 Å². The fourth-order valence-corrected chi connectivity index (χ4v) is 3.28. The third-order valence-electron chi connectivity index (χ3n) is 4.87. The van der Waals surface area contributed by atoms with E-state index in [1.54, 1.807) is 7.11 Å². The summed E-state index contributed by atoms with van der Waals surface area (Å²) >= 11 is 0. The zero-order valence-electron chi connectivity index (χ0n) is 18.0. The molecule has 0 saturated carbocycles. The molecule has 0 radical (unpaired) electrons. The van der Waals surface area contributed by atoms with Crippen molar-refractivity contribution in [2.45, 2.75) is 52.5 Å². The van der Waals surface area contributed by atoms with Gasteiger partial charge in [-0.3, -0.25) is 4.79 Å². The summed E-state index contributed by atoms with van der Waals surface area (Å²) in [4.78, 5) is 26.2. The van der Waals surface area contributed by atoms with Crippen LogP contribution >= 0.6 is 0 Å².